The van der Waals surface area contributed by atoms with Gasteiger partial charge in [0.05, 0.1) is 12.7 Å². The normalized spacial score (nSPS) is 10.0. The average Bonchev–Trinajstić information content (AvgIpc) is 2.79. The number of carbonyl (C=O) groups is 2. The first-order valence-corrected chi connectivity index (χ1v) is 5.38. The number of hydrogen-bond donors (Lipinski definition) is 1. The van der Waals surface area contributed by atoms with Crippen LogP contribution in [0.25, 0.3) is 0 Å². The van der Waals surface area contributed by atoms with E-state index in [-0.39, 0.29) is 18.1 Å². The first-order valence-electron chi connectivity index (χ1n) is 5.38. The van der Waals surface area contributed by atoms with Gasteiger partial charge in [-0.3, -0.25) is 10.0 Å². The Kier molecular flexibility index (Phi) is 5.22. The van der Waals surface area contributed by atoms with Crippen LogP contribution in [-0.2, 0) is 20.8 Å². The summed E-state index contributed by atoms with van der Waals surface area (Å²) in [5, 5.41) is 9.09. The van der Waals surface area contributed by atoms with Crippen molar-refractivity contribution < 1.29 is 24.1 Å². The minimum Gasteiger partial charge on any atom is -0.469 e. The predicted octanol–water partition coefficient (Wildman–Crippen LogP) is 1.69. The Labute approximate surface area is 98.7 Å². The van der Waals surface area contributed by atoms with Crippen molar-refractivity contribution in [1.29, 1.82) is 0 Å². The third-order valence-electron chi connectivity index (χ3n) is 2.02. The SMILES string of the molecule is CCCC(=O)N(O)OC(=O)CCc1ccco1. The van der Waals surface area contributed by atoms with Gasteiger partial charge >= 0.3 is 5.97 Å². The Morgan fingerprint density at radius 2 is 2.24 bits per heavy atom. The zero-order valence-corrected chi connectivity index (χ0v) is 9.59. The van der Waals surface area contributed by atoms with Crippen LogP contribution in [0.2, 0.25) is 0 Å². The lowest BCUT2D eigenvalue weighted by Crippen LogP contribution is -2.30. The number of nitrogens with zero attached hydrogens (tertiary/aromatic N) is 1. The number of hydroxylamine groups is 2. The van der Waals surface area contributed by atoms with Gasteiger partial charge in [-0.05, 0) is 23.8 Å². The van der Waals surface area contributed by atoms with Crippen molar-refractivity contribution in [2.45, 2.75) is 32.6 Å². The van der Waals surface area contributed by atoms with E-state index >= 15 is 0 Å². The molecule has 6 heteroatoms. The molecule has 0 aromatic carbocycles. The smallest absolute Gasteiger partial charge is 0.336 e. The summed E-state index contributed by atoms with van der Waals surface area (Å²) in [6.45, 7) is 1.78. The molecule has 0 saturated carbocycles. The molecule has 0 bridgehead atoms. The number of aryl methyl sites for hydroxylation is 1. The van der Waals surface area contributed by atoms with Crippen LogP contribution in [0, 0.1) is 0 Å². The lowest BCUT2D eigenvalue weighted by Gasteiger charge is -2.12. The molecule has 0 radical (unpaired) electrons. The maximum Gasteiger partial charge on any atom is 0.336 e. The molecular formula is C11H15NO5. The van der Waals surface area contributed by atoms with Gasteiger partial charge in [0.25, 0.3) is 5.91 Å². The standard InChI is InChI=1S/C11H15NO5/c1-2-4-10(13)12(15)17-11(14)7-6-9-5-3-8-16-9/h3,5,8,15H,2,4,6-7H2,1H3. The molecule has 0 aliphatic carbocycles. The Hall–Kier alpha value is -1.82. The van der Waals surface area contributed by atoms with Gasteiger partial charge in [0.2, 0.25) is 0 Å². The van der Waals surface area contributed by atoms with Gasteiger partial charge < -0.3 is 9.25 Å². The zero-order valence-electron chi connectivity index (χ0n) is 9.59. The molecule has 1 heterocycles. The van der Waals surface area contributed by atoms with Crippen LogP contribution in [0.5, 0.6) is 0 Å². The summed E-state index contributed by atoms with van der Waals surface area (Å²) in [5.41, 5.74) is 0. The molecule has 0 spiro atoms. The minimum absolute atomic E-state index is 0.00598. The number of furan rings is 1. The Balaban J connectivity index is 2.27. The van der Waals surface area contributed by atoms with Crippen LogP contribution in [0.4, 0.5) is 0 Å². The minimum atomic E-state index is -0.687. The van der Waals surface area contributed by atoms with E-state index in [2.05, 4.69) is 4.84 Å². The van der Waals surface area contributed by atoms with E-state index in [1.807, 2.05) is 0 Å². The highest BCUT2D eigenvalue weighted by Crippen LogP contribution is 2.05. The number of rotatable bonds is 5. The summed E-state index contributed by atoms with van der Waals surface area (Å²) in [7, 11) is 0. The fourth-order valence-corrected chi connectivity index (χ4v) is 1.18. The number of hydrogen-bond acceptors (Lipinski definition) is 5. The molecule has 94 valence electrons. The van der Waals surface area contributed by atoms with Crippen LogP contribution in [-0.4, -0.2) is 22.3 Å². The van der Waals surface area contributed by atoms with E-state index in [1.54, 1.807) is 19.1 Å². The first-order chi connectivity index (χ1) is 8.13. The van der Waals surface area contributed by atoms with Crippen molar-refractivity contribution in [3.8, 4) is 0 Å². The van der Waals surface area contributed by atoms with E-state index in [0.717, 1.165) is 0 Å². The summed E-state index contributed by atoms with van der Waals surface area (Å²) < 4.78 is 5.02. The molecule has 0 aliphatic heterocycles. The van der Waals surface area contributed by atoms with E-state index < -0.39 is 11.9 Å². The molecule has 1 amide bonds. The monoisotopic (exact) mass is 241 g/mol. The molecule has 1 rings (SSSR count). The van der Waals surface area contributed by atoms with Gasteiger partial charge in [0.1, 0.15) is 5.76 Å². The van der Waals surface area contributed by atoms with Crippen molar-refractivity contribution in [2.75, 3.05) is 0 Å². The first kappa shape index (κ1) is 13.2. The van der Waals surface area contributed by atoms with Crippen molar-refractivity contribution in [3.05, 3.63) is 24.2 Å². The Morgan fingerprint density at radius 1 is 1.47 bits per heavy atom. The van der Waals surface area contributed by atoms with E-state index in [0.29, 0.717) is 18.6 Å². The maximum atomic E-state index is 11.2. The van der Waals surface area contributed by atoms with E-state index in [4.69, 9.17) is 9.62 Å². The number of carbonyl (C=O) groups excluding carboxylic acids is 2. The molecule has 0 aliphatic rings. The van der Waals surface area contributed by atoms with Gasteiger partial charge in [-0.2, -0.15) is 0 Å². The van der Waals surface area contributed by atoms with Crippen LogP contribution >= 0.6 is 0 Å². The van der Waals surface area contributed by atoms with Crippen LogP contribution < -0.4 is 0 Å². The van der Waals surface area contributed by atoms with Crippen LogP contribution in [0.15, 0.2) is 22.8 Å². The summed E-state index contributed by atoms with van der Waals surface area (Å²) in [4.78, 5) is 26.8. The van der Waals surface area contributed by atoms with Crippen molar-refractivity contribution in [3.63, 3.8) is 0 Å². The Morgan fingerprint density at radius 3 is 2.82 bits per heavy atom. The quantitative estimate of drug-likeness (QED) is 0.626. The van der Waals surface area contributed by atoms with Gasteiger partial charge in [0, 0.05) is 12.8 Å². The summed E-state index contributed by atoms with van der Waals surface area (Å²) >= 11 is 0. The highest BCUT2D eigenvalue weighted by molar-refractivity contribution is 5.76. The van der Waals surface area contributed by atoms with Crippen LogP contribution in [0.1, 0.15) is 31.9 Å². The maximum absolute atomic E-state index is 11.2. The van der Waals surface area contributed by atoms with E-state index in [9.17, 15) is 9.59 Å². The second kappa shape index (κ2) is 6.70. The number of amides is 1. The summed E-state index contributed by atoms with van der Waals surface area (Å²) in [6.07, 6.45) is 2.59. The van der Waals surface area contributed by atoms with Gasteiger partial charge in [-0.25, -0.2) is 4.79 Å². The fourth-order valence-electron chi connectivity index (χ4n) is 1.18. The molecule has 0 unspecified atom stereocenters. The van der Waals surface area contributed by atoms with Gasteiger partial charge in [0.15, 0.2) is 0 Å². The highest BCUT2D eigenvalue weighted by atomic mass is 16.9. The van der Waals surface area contributed by atoms with Crippen molar-refractivity contribution >= 4 is 11.9 Å². The largest absolute Gasteiger partial charge is 0.469 e. The second-order valence-electron chi connectivity index (χ2n) is 3.46. The highest BCUT2D eigenvalue weighted by Gasteiger charge is 2.15. The molecule has 1 aromatic heterocycles. The summed E-state index contributed by atoms with van der Waals surface area (Å²) in [5.74, 6) is -0.682. The molecule has 0 saturated heterocycles. The molecule has 0 fully saturated rings. The molecule has 17 heavy (non-hydrogen) atoms. The van der Waals surface area contributed by atoms with Crippen molar-refractivity contribution in [1.82, 2.24) is 5.23 Å². The third-order valence-corrected chi connectivity index (χ3v) is 2.02. The lowest BCUT2D eigenvalue weighted by molar-refractivity contribution is -0.297. The van der Waals surface area contributed by atoms with Crippen molar-refractivity contribution in [2.24, 2.45) is 0 Å². The zero-order chi connectivity index (χ0) is 12.7. The van der Waals surface area contributed by atoms with Crippen LogP contribution in [0.3, 0.4) is 0 Å². The van der Waals surface area contributed by atoms with E-state index in [1.165, 1.54) is 6.26 Å². The summed E-state index contributed by atoms with van der Waals surface area (Å²) in [6, 6.07) is 3.44. The second-order valence-corrected chi connectivity index (χ2v) is 3.46. The lowest BCUT2D eigenvalue weighted by atomic mass is 10.2. The molecule has 1 aromatic rings. The third kappa shape index (κ3) is 4.69. The fraction of sp³-hybridized carbons (Fsp3) is 0.455. The molecule has 0 atom stereocenters. The Bertz CT molecular complexity index is 360. The molecule has 1 N–H and O–H groups in total. The molecule has 6 nitrogen and oxygen atoms in total. The van der Waals surface area contributed by atoms with Gasteiger partial charge in [-0.15, -0.1) is 0 Å². The predicted molar refractivity (Wildman–Crippen MR) is 56.7 cm³/mol. The molecular weight excluding hydrogens is 226 g/mol. The average molecular weight is 241 g/mol. The topological polar surface area (TPSA) is 80.0 Å². The van der Waals surface area contributed by atoms with Gasteiger partial charge in [-0.1, -0.05) is 6.92 Å².